The molecule has 4 heteroatoms. The van der Waals surface area contributed by atoms with Gasteiger partial charge in [0.1, 0.15) is 10.8 Å². The second-order valence-corrected chi connectivity index (χ2v) is 6.83. The van der Waals surface area contributed by atoms with Crippen LogP contribution in [0.5, 0.6) is 0 Å². The van der Waals surface area contributed by atoms with Crippen LogP contribution in [0, 0.1) is 0 Å². The lowest BCUT2D eigenvalue weighted by Gasteiger charge is -2.23. The Labute approximate surface area is 178 Å². The smallest absolute Gasteiger partial charge is 0.163 e. The fourth-order valence-corrected chi connectivity index (χ4v) is 3.23. The lowest BCUT2D eigenvalue weighted by molar-refractivity contribution is 0.467. The summed E-state index contributed by atoms with van der Waals surface area (Å²) in [6.45, 7) is 5.98. The van der Waals surface area contributed by atoms with Crippen molar-refractivity contribution in [3.05, 3.63) is 108 Å². The Morgan fingerprint density at radius 3 is 1.59 bits per heavy atom. The molecule has 0 atom stereocenters. The topological polar surface area (TPSA) is 28.0 Å². The normalized spacial score (nSPS) is 11.9. The number of aliphatic imine (C=N–C) groups is 2. The molecule has 3 aromatic rings. The van der Waals surface area contributed by atoms with Gasteiger partial charge in [0, 0.05) is 29.8 Å². The molecule has 0 amide bonds. The molecule has 0 saturated heterocycles. The van der Waals surface area contributed by atoms with Gasteiger partial charge < -0.3 is 4.90 Å². The van der Waals surface area contributed by atoms with Crippen LogP contribution in [0.1, 0.15) is 30.5 Å². The molecule has 0 aromatic heterocycles. The van der Waals surface area contributed by atoms with Crippen molar-refractivity contribution in [2.45, 2.75) is 13.8 Å². The molecule has 3 nitrogen and oxygen atoms in total. The molecule has 29 heavy (non-hydrogen) atoms. The molecule has 0 aliphatic heterocycles. The Morgan fingerprint density at radius 2 is 1.10 bits per heavy atom. The van der Waals surface area contributed by atoms with Crippen molar-refractivity contribution in [2.24, 2.45) is 9.98 Å². The predicted octanol–water partition coefficient (Wildman–Crippen LogP) is 5.60. The minimum absolute atomic E-state index is 0.528. The van der Waals surface area contributed by atoms with E-state index in [9.17, 15) is 0 Å². The van der Waals surface area contributed by atoms with Crippen LogP contribution in [0.4, 0.5) is 0 Å². The van der Waals surface area contributed by atoms with Crippen LogP contribution in [0.15, 0.2) is 101 Å². The van der Waals surface area contributed by atoms with Crippen molar-refractivity contribution in [3.8, 4) is 0 Å². The average Bonchev–Trinajstić information content (AvgIpc) is 2.80. The van der Waals surface area contributed by atoms with Gasteiger partial charge in [0.2, 0.25) is 0 Å². The van der Waals surface area contributed by atoms with Crippen LogP contribution < -0.4 is 0 Å². The highest BCUT2D eigenvalue weighted by Gasteiger charge is 2.14. The zero-order valence-corrected chi connectivity index (χ0v) is 17.6. The monoisotopic (exact) mass is 399 g/mol. The molecule has 0 aliphatic carbocycles. The summed E-state index contributed by atoms with van der Waals surface area (Å²) >= 11 is 5.62. The standard InChI is InChI=1S/C25H25N3S/c1-3-28(4-2)24(21-16-10-6-11-17-21)26-23(20-14-8-5-9-15-20)27-25(29)22-18-12-7-13-19-22/h5-19H,3-4H2,1-2H3. The lowest BCUT2D eigenvalue weighted by Crippen LogP contribution is -2.32. The second-order valence-electron chi connectivity index (χ2n) is 6.45. The first kappa shape index (κ1) is 20.6. The zero-order chi connectivity index (χ0) is 20.5. The number of hydrogen-bond donors (Lipinski definition) is 0. The van der Waals surface area contributed by atoms with Gasteiger partial charge >= 0.3 is 0 Å². The van der Waals surface area contributed by atoms with E-state index >= 15 is 0 Å². The fraction of sp³-hybridized carbons (Fsp3) is 0.160. The van der Waals surface area contributed by atoms with E-state index in [0.29, 0.717) is 10.8 Å². The molecule has 0 aliphatic rings. The van der Waals surface area contributed by atoms with Gasteiger partial charge in [-0.2, -0.15) is 0 Å². The molecular weight excluding hydrogens is 374 g/mol. The number of nitrogens with zero attached hydrogens (tertiary/aromatic N) is 3. The van der Waals surface area contributed by atoms with Gasteiger partial charge in [-0.15, -0.1) is 0 Å². The van der Waals surface area contributed by atoms with Crippen molar-refractivity contribution in [2.75, 3.05) is 13.1 Å². The molecule has 3 rings (SSSR count). The van der Waals surface area contributed by atoms with Gasteiger partial charge in [-0.1, -0.05) is 103 Å². The molecule has 0 saturated carbocycles. The molecule has 0 bridgehead atoms. The molecule has 146 valence electrons. The molecule has 0 N–H and O–H groups in total. The highest BCUT2D eigenvalue weighted by atomic mass is 32.1. The summed E-state index contributed by atoms with van der Waals surface area (Å²) in [6, 6.07) is 30.1. The quantitative estimate of drug-likeness (QED) is 0.317. The summed E-state index contributed by atoms with van der Waals surface area (Å²) < 4.78 is 0. The Bertz CT molecular complexity index is 976. The van der Waals surface area contributed by atoms with E-state index in [1.165, 1.54) is 0 Å². The van der Waals surface area contributed by atoms with Crippen molar-refractivity contribution >= 4 is 28.9 Å². The van der Waals surface area contributed by atoms with E-state index in [4.69, 9.17) is 22.2 Å². The number of benzene rings is 3. The number of thiocarbonyl (C=S) groups is 1. The molecule has 3 aromatic carbocycles. The maximum atomic E-state index is 5.62. The molecule has 0 heterocycles. The minimum Gasteiger partial charge on any atom is -0.357 e. The third-order valence-corrected chi connectivity index (χ3v) is 4.89. The predicted molar refractivity (Wildman–Crippen MR) is 127 cm³/mol. The highest BCUT2D eigenvalue weighted by Crippen LogP contribution is 2.12. The number of rotatable bonds is 5. The van der Waals surface area contributed by atoms with E-state index in [2.05, 4.69) is 30.9 Å². The van der Waals surface area contributed by atoms with Crippen LogP contribution in [0.2, 0.25) is 0 Å². The van der Waals surface area contributed by atoms with Crippen LogP contribution in [0.25, 0.3) is 0 Å². The third kappa shape index (κ3) is 5.46. The SMILES string of the molecule is CCN(CC)C(=NC(=NC(=S)c1ccccc1)c1ccccc1)c1ccccc1. The first-order valence-corrected chi connectivity index (χ1v) is 10.3. The Morgan fingerprint density at radius 1 is 0.655 bits per heavy atom. The van der Waals surface area contributed by atoms with Crippen molar-refractivity contribution in [3.63, 3.8) is 0 Å². The van der Waals surface area contributed by atoms with Crippen molar-refractivity contribution in [1.82, 2.24) is 4.90 Å². The first-order valence-electron chi connectivity index (χ1n) is 9.85. The Balaban J connectivity index is 2.13. The van der Waals surface area contributed by atoms with E-state index in [1.807, 2.05) is 78.9 Å². The van der Waals surface area contributed by atoms with Gasteiger partial charge in [-0.25, -0.2) is 9.98 Å². The Hall–Kier alpha value is -3.11. The fourth-order valence-electron chi connectivity index (χ4n) is 3.01. The van der Waals surface area contributed by atoms with Crippen LogP contribution >= 0.6 is 12.2 Å². The van der Waals surface area contributed by atoms with E-state index in [1.54, 1.807) is 0 Å². The third-order valence-electron chi connectivity index (χ3n) is 4.57. The zero-order valence-electron chi connectivity index (χ0n) is 16.8. The molecule has 0 unspecified atom stereocenters. The minimum atomic E-state index is 0.528. The first-order chi connectivity index (χ1) is 14.2. The molecule has 0 fully saturated rings. The number of hydrogen-bond acceptors (Lipinski definition) is 1. The van der Waals surface area contributed by atoms with Crippen LogP contribution in [-0.2, 0) is 0 Å². The van der Waals surface area contributed by atoms with Crippen molar-refractivity contribution < 1.29 is 0 Å². The average molecular weight is 400 g/mol. The van der Waals surface area contributed by atoms with Gasteiger partial charge in [0.05, 0.1) is 0 Å². The van der Waals surface area contributed by atoms with E-state index in [-0.39, 0.29) is 0 Å². The maximum Gasteiger partial charge on any atom is 0.163 e. The summed E-state index contributed by atoms with van der Waals surface area (Å²) in [5.74, 6) is 1.51. The van der Waals surface area contributed by atoms with Crippen molar-refractivity contribution in [1.29, 1.82) is 0 Å². The number of amidine groups is 2. The summed E-state index contributed by atoms with van der Waals surface area (Å²) in [5, 5.41) is 0. The van der Waals surface area contributed by atoms with Gasteiger partial charge in [-0.05, 0) is 13.8 Å². The molecular formula is C25H25N3S. The summed E-state index contributed by atoms with van der Waals surface area (Å²) in [5.41, 5.74) is 2.91. The van der Waals surface area contributed by atoms with Crippen LogP contribution in [0.3, 0.4) is 0 Å². The highest BCUT2D eigenvalue weighted by molar-refractivity contribution is 7.80. The summed E-state index contributed by atoms with van der Waals surface area (Å²) in [7, 11) is 0. The van der Waals surface area contributed by atoms with E-state index in [0.717, 1.165) is 35.6 Å². The molecule has 0 spiro atoms. The molecule has 0 radical (unpaired) electrons. The van der Waals surface area contributed by atoms with Gasteiger partial charge in [0.15, 0.2) is 5.84 Å². The second kappa shape index (κ2) is 10.4. The Kier molecular flexibility index (Phi) is 7.42. The summed E-state index contributed by atoms with van der Waals surface area (Å²) in [6.07, 6.45) is 0. The summed E-state index contributed by atoms with van der Waals surface area (Å²) in [4.78, 5) is 12.6. The van der Waals surface area contributed by atoms with E-state index < -0.39 is 0 Å². The van der Waals surface area contributed by atoms with Crippen LogP contribution in [-0.4, -0.2) is 34.6 Å². The lowest BCUT2D eigenvalue weighted by atomic mass is 10.1. The maximum absolute atomic E-state index is 5.62. The van der Waals surface area contributed by atoms with Gasteiger partial charge in [0.25, 0.3) is 0 Å². The largest absolute Gasteiger partial charge is 0.357 e. The van der Waals surface area contributed by atoms with Gasteiger partial charge in [-0.3, -0.25) is 0 Å².